The zero-order valence-electron chi connectivity index (χ0n) is 9.40. The van der Waals surface area contributed by atoms with Crippen molar-refractivity contribution in [1.82, 2.24) is 9.78 Å². The van der Waals surface area contributed by atoms with Gasteiger partial charge in [-0.1, -0.05) is 18.0 Å². The van der Waals surface area contributed by atoms with Gasteiger partial charge in [0, 0.05) is 13.0 Å². The smallest absolute Gasteiger partial charge is 0.0821 e. The summed E-state index contributed by atoms with van der Waals surface area (Å²) in [7, 11) is 1.66. The molecule has 4 nitrogen and oxygen atoms in total. The number of ether oxygens (including phenoxy) is 1. The van der Waals surface area contributed by atoms with Gasteiger partial charge in [0.15, 0.2) is 0 Å². The number of hydrogen-bond donors (Lipinski definition) is 1. The highest BCUT2D eigenvalue weighted by molar-refractivity contribution is 6.31. The second-order valence-corrected chi connectivity index (χ2v) is 4.61. The number of hydrogen-bond acceptors (Lipinski definition) is 3. The molecule has 1 aliphatic carbocycles. The van der Waals surface area contributed by atoms with Crippen LogP contribution in [0.3, 0.4) is 0 Å². The third-order valence-electron chi connectivity index (χ3n) is 3.17. The number of aromatic nitrogens is 2. The van der Waals surface area contributed by atoms with E-state index in [-0.39, 0.29) is 12.0 Å². The van der Waals surface area contributed by atoms with Crippen molar-refractivity contribution in [3.63, 3.8) is 0 Å². The molecule has 5 heteroatoms. The average molecular weight is 245 g/mol. The molecule has 1 aromatic heterocycles. The molecule has 1 aromatic rings. The molecule has 1 N–H and O–H groups in total. The van der Waals surface area contributed by atoms with Gasteiger partial charge in [-0.05, 0) is 12.8 Å². The van der Waals surface area contributed by atoms with Crippen LogP contribution >= 0.6 is 11.6 Å². The first kappa shape index (κ1) is 11.9. The van der Waals surface area contributed by atoms with Gasteiger partial charge in [0.25, 0.3) is 0 Å². The highest BCUT2D eigenvalue weighted by atomic mass is 35.5. The van der Waals surface area contributed by atoms with Crippen molar-refractivity contribution in [1.29, 1.82) is 0 Å². The van der Waals surface area contributed by atoms with Gasteiger partial charge in [0.2, 0.25) is 0 Å². The third kappa shape index (κ3) is 2.24. The summed E-state index contributed by atoms with van der Waals surface area (Å²) >= 11 is 6.13. The Morgan fingerprint density at radius 3 is 3.06 bits per heavy atom. The molecule has 1 fully saturated rings. The number of aliphatic hydroxyl groups is 1. The zero-order valence-corrected chi connectivity index (χ0v) is 10.2. The van der Waals surface area contributed by atoms with Crippen molar-refractivity contribution in [2.45, 2.75) is 37.8 Å². The first-order chi connectivity index (χ1) is 7.74. The summed E-state index contributed by atoms with van der Waals surface area (Å²) in [5, 5.41) is 14.8. The average Bonchev–Trinajstić information content (AvgIpc) is 2.82. The molecular formula is C11H17ClN2O2. The highest BCUT2D eigenvalue weighted by Gasteiger charge is 2.31. The Bertz CT molecular complexity index is 354. The summed E-state index contributed by atoms with van der Waals surface area (Å²) in [6, 6.07) is 0. The minimum atomic E-state index is -0.282. The molecule has 0 aromatic carbocycles. The summed E-state index contributed by atoms with van der Waals surface area (Å²) in [4.78, 5) is 0. The van der Waals surface area contributed by atoms with Crippen molar-refractivity contribution in [3.05, 3.63) is 16.9 Å². The number of halogens is 1. The minimum Gasteiger partial charge on any atom is -0.392 e. The highest BCUT2D eigenvalue weighted by Crippen LogP contribution is 2.37. The van der Waals surface area contributed by atoms with Crippen LogP contribution in [0.25, 0.3) is 0 Å². The van der Waals surface area contributed by atoms with E-state index in [0.717, 1.165) is 25.0 Å². The maximum Gasteiger partial charge on any atom is 0.0821 e. The van der Waals surface area contributed by atoms with E-state index in [1.165, 1.54) is 0 Å². The standard InChI is InChI=1S/C11H17ClN2O2/c1-16-6-5-14-11(9(12)7-13-14)8-3-2-4-10(8)15/h7-8,10,15H,2-6H2,1H3. The maximum atomic E-state index is 9.90. The molecule has 16 heavy (non-hydrogen) atoms. The monoisotopic (exact) mass is 244 g/mol. The van der Waals surface area contributed by atoms with Gasteiger partial charge in [-0.25, -0.2) is 0 Å². The number of nitrogens with zero attached hydrogens (tertiary/aromatic N) is 2. The van der Waals surface area contributed by atoms with Gasteiger partial charge in [-0.2, -0.15) is 5.10 Å². The molecule has 0 spiro atoms. The van der Waals surface area contributed by atoms with Gasteiger partial charge >= 0.3 is 0 Å². The van der Waals surface area contributed by atoms with Crippen LogP contribution in [0.15, 0.2) is 6.20 Å². The molecular weight excluding hydrogens is 228 g/mol. The van der Waals surface area contributed by atoms with Crippen molar-refractivity contribution in [2.24, 2.45) is 0 Å². The second kappa shape index (κ2) is 5.17. The van der Waals surface area contributed by atoms with Crippen LogP contribution in [-0.4, -0.2) is 34.7 Å². The zero-order chi connectivity index (χ0) is 11.5. The lowest BCUT2D eigenvalue weighted by molar-refractivity contribution is 0.155. The van der Waals surface area contributed by atoms with Gasteiger partial charge in [-0.3, -0.25) is 4.68 Å². The summed E-state index contributed by atoms with van der Waals surface area (Å²) in [5.41, 5.74) is 0.962. The fourth-order valence-electron chi connectivity index (χ4n) is 2.36. The Labute approximate surface area is 100 Å². The first-order valence-electron chi connectivity index (χ1n) is 5.62. The van der Waals surface area contributed by atoms with E-state index < -0.39 is 0 Å². The lowest BCUT2D eigenvalue weighted by Crippen LogP contribution is -2.18. The second-order valence-electron chi connectivity index (χ2n) is 4.20. The van der Waals surface area contributed by atoms with E-state index in [1.54, 1.807) is 13.3 Å². The number of methoxy groups -OCH3 is 1. The van der Waals surface area contributed by atoms with E-state index in [4.69, 9.17) is 16.3 Å². The van der Waals surface area contributed by atoms with Crippen LogP contribution in [0, 0.1) is 0 Å². The molecule has 0 radical (unpaired) electrons. The van der Waals surface area contributed by atoms with Gasteiger partial charge in [0.05, 0.1) is 36.2 Å². The third-order valence-corrected chi connectivity index (χ3v) is 3.46. The number of aliphatic hydroxyl groups excluding tert-OH is 1. The molecule has 2 atom stereocenters. The van der Waals surface area contributed by atoms with Gasteiger partial charge < -0.3 is 9.84 Å². The Balaban J connectivity index is 2.20. The van der Waals surface area contributed by atoms with E-state index in [9.17, 15) is 5.11 Å². The summed E-state index contributed by atoms with van der Waals surface area (Å²) < 4.78 is 6.89. The summed E-state index contributed by atoms with van der Waals surface area (Å²) in [6.07, 6.45) is 4.26. The van der Waals surface area contributed by atoms with Gasteiger partial charge in [-0.15, -0.1) is 0 Å². The number of rotatable bonds is 4. The molecule has 0 saturated heterocycles. The Kier molecular flexibility index (Phi) is 3.84. The van der Waals surface area contributed by atoms with Crippen LogP contribution in [-0.2, 0) is 11.3 Å². The maximum absolute atomic E-state index is 9.90. The minimum absolute atomic E-state index is 0.131. The van der Waals surface area contributed by atoms with Crippen molar-refractivity contribution < 1.29 is 9.84 Å². The van der Waals surface area contributed by atoms with Crippen molar-refractivity contribution in [3.8, 4) is 0 Å². The van der Waals surface area contributed by atoms with Crippen molar-refractivity contribution >= 4 is 11.6 Å². The van der Waals surface area contributed by atoms with E-state index in [1.807, 2.05) is 4.68 Å². The first-order valence-corrected chi connectivity index (χ1v) is 6.00. The molecule has 1 heterocycles. The Hall–Kier alpha value is -0.580. The normalized spacial score (nSPS) is 25.2. The van der Waals surface area contributed by atoms with E-state index in [0.29, 0.717) is 18.2 Å². The molecule has 0 aliphatic heterocycles. The summed E-state index contributed by atoms with van der Waals surface area (Å²) in [6.45, 7) is 1.29. The van der Waals surface area contributed by atoms with Crippen LogP contribution in [0.2, 0.25) is 5.02 Å². The lowest BCUT2D eigenvalue weighted by Gasteiger charge is -2.17. The molecule has 1 aliphatic rings. The fraction of sp³-hybridized carbons (Fsp3) is 0.727. The quantitative estimate of drug-likeness (QED) is 0.879. The predicted octanol–water partition coefficient (Wildman–Crippen LogP) is 1.81. The summed E-state index contributed by atoms with van der Waals surface area (Å²) in [5.74, 6) is 0.131. The Morgan fingerprint density at radius 1 is 1.62 bits per heavy atom. The fourth-order valence-corrected chi connectivity index (χ4v) is 2.64. The van der Waals surface area contributed by atoms with Crippen LogP contribution < -0.4 is 0 Å². The molecule has 90 valence electrons. The van der Waals surface area contributed by atoms with Crippen LogP contribution in [0.4, 0.5) is 0 Å². The van der Waals surface area contributed by atoms with Crippen LogP contribution in [0.5, 0.6) is 0 Å². The molecule has 0 amide bonds. The van der Waals surface area contributed by atoms with E-state index >= 15 is 0 Å². The predicted molar refractivity (Wildman–Crippen MR) is 61.7 cm³/mol. The largest absolute Gasteiger partial charge is 0.392 e. The molecule has 2 unspecified atom stereocenters. The van der Waals surface area contributed by atoms with Gasteiger partial charge in [0.1, 0.15) is 0 Å². The topological polar surface area (TPSA) is 47.3 Å². The molecule has 1 saturated carbocycles. The molecule has 2 rings (SSSR count). The van der Waals surface area contributed by atoms with Crippen LogP contribution in [0.1, 0.15) is 30.9 Å². The Morgan fingerprint density at radius 2 is 2.44 bits per heavy atom. The van der Waals surface area contributed by atoms with Crippen molar-refractivity contribution in [2.75, 3.05) is 13.7 Å². The SMILES string of the molecule is COCCn1ncc(Cl)c1C1CCCC1O. The lowest BCUT2D eigenvalue weighted by atomic mass is 10.0. The van der Waals surface area contributed by atoms with E-state index in [2.05, 4.69) is 5.10 Å². The molecule has 0 bridgehead atoms.